The standard InChI is InChI=1S/C15H23N3O/c1-9-4-10(2)11(3)18(8-9)15(19)12-5-13(16)7-14(17)6-12/h5-7,9-11H,4,8,16-17H2,1-3H3. The maximum absolute atomic E-state index is 12.6. The van der Waals surface area contributed by atoms with Crippen LogP contribution in [0, 0.1) is 11.8 Å². The minimum Gasteiger partial charge on any atom is -0.399 e. The Hall–Kier alpha value is -1.71. The first-order valence-corrected chi connectivity index (χ1v) is 6.85. The van der Waals surface area contributed by atoms with Crippen molar-refractivity contribution < 1.29 is 4.79 Å². The van der Waals surface area contributed by atoms with E-state index in [1.807, 2.05) is 4.90 Å². The van der Waals surface area contributed by atoms with Gasteiger partial charge in [0.15, 0.2) is 0 Å². The van der Waals surface area contributed by atoms with Gasteiger partial charge in [-0.1, -0.05) is 13.8 Å². The highest BCUT2D eigenvalue weighted by molar-refractivity contribution is 5.96. The zero-order valence-electron chi connectivity index (χ0n) is 11.9. The number of nitrogens with zero attached hydrogens (tertiary/aromatic N) is 1. The number of hydrogen-bond donors (Lipinski definition) is 2. The number of rotatable bonds is 1. The van der Waals surface area contributed by atoms with Crippen molar-refractivity contribution >= 4 is 17.3 Å². The van der Waals surface area contributed by atoms with E-state index in [0.29, 0.717) is 28.8 Å². The minimum atomic E-state index is 0.0323. The van der Waals surface area contributed by atoms with Gasteiger partial charge >= 0.3 is 0 Å². The molecule has 0 bridgehead atoms. The number of piperidine rings is 1. The summed E-state index contributed by atoms with van der Waals surface area (Å²) in [6.45, 7) is 7.31. The molecule has 4 nitrogen and oxygen atoms in total. The van der Waals surface area contributed by atoms with Crippen LogP contribution in [-0.2, 0) is 0 Å². The predicted octanol–water partition coefficient (Wildman–Crippen LogP) is 2.36. The molecular formula is C15H23N3O. The quantitative estimate of drug-likeness (QED) is 0.762. The van der Waals surface area contributed by atoms with Crippen LogP contribution in [0.1, 0.15) is 37.6 Å². The zero-order valence-corrected chi connectivity index (χ0v) is 11.9. The van der Waals surface area contributed by atoms with Gasteiger partial charge in [-0.3, -0.25) is 4.79 Å². The second kappa shape index (κ2) is 5.11. The highest BCUT2D eigenvalue weighted by atomic mass is 16.2. The molecule has 19 heavy (non-hydrogen) atoms. The molecule has 2 rings (SSSR count). The Balaban J connectivity index is 2.27. The largest absolute Gasteiger partial charge is 0.399 e. The molecule has 1 aromatic carbocycles. The van der Waals surface area contributed by atoms with Crippen LogP contribution in [0.2, 0.25) is 0 Å². The van der Waals surface area contributed by atoms with Crippen LogP contribution < -0.4 is 11.5 Å². The van der Waals surface area contributed by atoms with E-state index in [2.05, 4.69) is 20.8 Å². The molecule has 1 saturated heterocycles. The second-order valence-corrected chi connectivity index (χ2v) is 5.90. The fourth-order valence-electron chi connectivity index (χ4n) is 2.95. The highest BCUT2D eigenvalue weighted by Crippen LogP contribution is 2.28. The van der Waals surface area contributed by atoms with E-state index in [1.165, 1.54) is 6.42 Å². The van der Waals surface area contributed by atoms with E-state index >= 15 is 0 Å². The molecule has 1 aliphatic rings. The third-order valence-electron chi connectivity index (χ3n) is 4.08. The average Bonchev–Trinajstić information content (AvgIpc) is 2.31. The van der Waals surface area contributed by atoms with Gasteiger partial charge in [-0.2, -0.15) is 0 Å². The lowest BCUT2D eigenvalue weighted by molar-refractivity contribution is 0.0456. The van der Waals surface area contributed by atoms with Gasteiger partial charge in [0.2, 0.25) is 0 Å². The molecular weight excluding hydrogens is 238 g/mol. The number of carbonyl (C=O) groups excluding carboxylic acids is 1. The third-order valence-corrected chi connectivity index (χ3v) is 4.08. The first-order valence-electron chi connectivity index (χ1n) is 6.85. The first-order chi connectivity index (χ1) is 8.88. The number of anilines is 2. The normalized spacial score (nSPS) is 27.3. The number of nitrogen functional groups attached to an aromatic ring is 2. The second-order valence-electron chi connectivity index (χ2n) is 5.90. The van der Waals surface area contributed by atoms with Crippen molar-refractivity contribution in [2.45, 2.75) is 33.2 Å². The van der Waals surface area contributed by atoms with Crippen molar-refractivity contribution in [2.75, 3.05) is 18.0 Å². The summed E-state index contributed by atoms with van der Waals surface area (Å²) in [6.07, 6.45) is 1.17. The number of amides is 1. The summed E-state index contributed by atoms with van der Waals surface area (Å²) in [5.74, 6) is 1.09. The lowest BCUT2D eigenvalue weighted by Gasteiger charge is -2.41. The molecule has 0 aliphatic carbocycles. The summed E-state index contributed by atoms with van der Waals surface area (Å²) in [4.78, 5) is 14.6. The molecule has 3 unspecified atom stereocenters. The molecule has 0 radical (unpaired) electrons. The topological polar surface area (TPSA) is 72.3 Å². The molecule has 3 atom stereocenters. The van der Waals surface area contributed by atoms with Crippen molar-refractivity contribution in [1.29, 1.82) is 0 Å². The summed E-state index contributed by atoms with van der Waals surface area (Å²) in [5.41, 5.74) is 13.2. The molecule has 104 valence electrons. The molecule has 0 saturated carbocycles. The third kappa shape index (κ3) is 2.83. The Kier molecular flexibility index (Phi) is 3.69. The van der Waals surface area contributed by atoms with Gasteiger partial charge < -0.3 is 16.4 Å². The molecule has 4 N–H and O–H groups in total. The van der Waals surface area contributed by atoms with Crippen molar-refractivity contribution in [3.05, 3.63) is 23.8 Å². The van der Waals surface area contributed by atoms with E-state index in [1.54, 1.807) is 18.2 Å². The van der Waals surface area contributed by atoms with Crippen molar-refractivity contribution in [3.8, 4) is 0 Å². The van der Waals surface area contributed by atoms with Gasteiger partial charge in [0.1, 0.15) is 0 Å². The minimum absolute atomic E-state index is 0.0323. The van der Waals surface area contributed by atoms with Crippen molar-refractivity contribution in [2.24, 2.45) is 11.8 Å². The molecule has 4 heteroatoms. The number of carbonyl (C=O) groups is 1. The fraction of sp³-hybridized carbons (Fsp3) is 0.533. The van der Waals surface area contributed by atoms with Crippen LogP contribution in [0.4, 0.5) is 11.4 Å². The van der Waals surface area contributed by atoms with Crippen molar-refractivity contribution in [3.63, 3.8) is 0 Å². The summed E-state index contributed by atoms with van der Waals surface area (Å²) < 4.78 is 0. The number of benzene rings is 1. The molecule has 0 spiro atoms. The van der Waals surface area contributed by atoms with E-state index in [9.17, 15) is 4.79 Å². The van der Waals surface area contributed by atoms with E-state index < -0.39 is 0 Å². The monoisotopic (exact) mass is 261 g/mol. The molecule has 1 amide bonds. The fourth-order valence-corrected chi connectivity index (χ4v) is 2.95. The average molecular weight is 261 g/mol. The van der Waals surface area contributed by atoms with Gasteiger partial charge in [-0.25, -0.2) is 0 Å². The molecule has 1 fully saturated rings. The van der Waals surface area contributed by atoms with Crippen LogP contribution in [-0.4, -0.2) is 23.4 Å². The predicted molar refractivity (Wildman–Crippen MR) is 78.7 cm³/mol. The Bertz CT molecular complexity index is 466. The van der Waals surface area contributed by atoms with E-state index in [4.69, 9.17) is 11.5 Å². The SMILES string of the molecule is CC1CC(C)C(C)N(C(=O)c2cc(N)cc(N)c2)C1. The number of nitrogens with two attached hydrogens (primary N) is 2. The van der Waals surface area contributed by atoms with Crippen LogP contribution in [0.15, 0.2) is 18.2 Å². The Morgan fingerprint density at radius 3 is 2.32 bits per heavy atom. The van der Waals surface area contributed by atoms with Gasteiger partial charge in [0.05, 0.1) is 0 Å². The molecule has 0 aromatic heterocycles. The smallest absolute Gasteiger partial charge is 0.254 e. The van der Waals surface area contributed by atoms with E-state index in [-0.39, 0.29) is 11.9 Å². The Morgan fingerprint density at radius 1 is 1.16 bits per heavy atom. The summed E-state index contributed by atoms with van der Waals surface area (Å²) >= 11 is 0. The summed E-state index contributed by atoms with van der Waals surface area (Å²) in [7, 11) is 0. The Labute approximate surface area is 114 Å². The van der Waals surface area contributed by atoms with Gasteiger partial charge in [-0.15, -0.1) is 0 Å². The van der Waals surface area contributed by atoms with Crippen LogP contribution in [0.5, 0.6) is 0 Å². The van der Waals surface area contributed by atoms with Crippen LogP contribution in [0.3, 0.4) is 0 Å². The van der Waals surface area contributed by atoms with E-state index in [0.717, 1.165) is 6.54 Å². The maximum atomic E-state index is 12.6. The summed E-state index contributed by atoms with van der Waals surface area (Å²) in [5, 5.41) is 0. The van der Waals surface area contributed by atoms with Gasteiger partial charge in [0.25, 0.3) is 5.91 Å². The number of likely N-dealkylation sites (tertiary alicyclic amines) is 1. The Morgan fingerprint density at radius 2 is 1.74 bits per heavy atom. The molecule has 1 heterocycles. The van der Waals surface area contributed by atoms with Gasteiger partial charge in [-0.05, 0) is 43.4 Å². The zero-order chi connectivity index (χ0) is 14.2. The molecule has 1 aliphatic heterocycles. The maximum Gasteiger partial charge on any atom is 0.254 e. The lowest BCUT2D eigenvalue weighted by Crippen LogP contribution is -2.48. The molecule has 1 aromatic rings. The highest BCUT2D eigenvalue weighted by Gasteiger charge is 2.32. The van der Waals surface area contributed by atoms with Gasteiger partial charge in [0, 0.05) is 29.5 Å². The first kappa shape index (κ1) is 13.7. The van der Waals surface area contributed by atoms with Crippen LogP contribution in [0.25, 0.3) is 0 Å². The van der Waals surface area contributed by atoms with Crippen molar-refractivity contribution in [1.82, 2.24) is 4.90 Å². The van der Waals surface area contributed by atoms with Crippen LogP contribution >= 0.6 is 0 Å². The lowest BCUT2D eigenvalue weighted by atomic mass is 9.85. The summed E-state index contributed by atoms with van der Waals surface area (Å²) in [6, 6.07) is 5.33. The number of hydrogen-bond acceptors (Lipinski definition) is 3.